The van der Waals surface area contributed by atoms with Gasteiger partial charge in [0.2, 0.25) is 0 Å². The summed E-state index contributed by atoms with van der Waals surface area (Å²) in [6, 6.07) is 10.3. The molecule has 2 saturated heterocycles. The Labute approximate surface area is 171 Å². The van der Waals surface area contributed by atoms with Gasteiger partial charge >= 0.3 is 6.03 Å². The van der Waals surface area contributed by atoms with Gasteiger partial charge in [-0.15, -0.1) is 0 Å². The average molecular weight is 399 g/mol. The van der Waals surface area contributed by atoms with E-state index in [0.717, 1.165) is 68.8 Å². The van der Waals surface area contributed by atoms with Crippen LogP contribution in [0.3, 0.4) is 0 Å². The smallest absolute Gasteiger partial charge is 0.317 e. The lowest BCUT2D eigenvalue weighted by molar-refractivity contribution is -0.0390. The van der Waals surface area contributed by atoms with Crippen molar-refractivity contribution in [2.75, 3.05) is 26.3 Å². The molecule has 4 rings (SSSR count). The zero-order valence-electron chi connectivity index (χ0n) is 16.8. The van der Waals surface area contributed by atoms with E-state index in [1.807, 2.05) is 23.1 Å². The SMILES string of the molecule is O=C(NCc1cccc(COC2CCOCC2)c1)N1CCCC(c2ccn[nH]2)C1. The van der Waals surface area contributed by atoms with Crippen molar-refractivity contribution >= 4 is 6.03 Å². The Hall–Kier alpha value is -2.38. The number of aromatic nitrogens is 2. The highest BCUT2D eigenvalue weighted by Gasteiger charge is 2.25. The fourth-order valence-corrected chi connectivity index (χ4v) is 4.09. The Morgan fingerprint density at radius 1 is 1.24 bits per heavy atom. The first-order valence-electron chi connectivity index (χ1n) is 10.6. The van der Waals surface area contributed by atoms with Crippen molar-refractivity contribution in [3.8, 4) is 0 Å². The molecular formula is C22H30N4O3. The van der Waals surface area contributed by atoms with E-state index in [1.165, 1.54) is 0 Å². The molecule has 2 amide bonds. The molecule has 7 heteroatoms. The average Bonchev–Trinajstić information content (AvgIpc) is 3.32. The largest absolute Gasteiger partial charge is 0.381 e. The summed E-state index contributed by atoms with van der Waals surface area (Å²) in [6.45, 7) is 4.23. The van der Waals surface area contributed by atoms with Gasteiger partial charge in [-0.2, -0.15) is 5.10 Å². The van der Waals surface area contributed by atoms with Crippen LogP contribution in [0, 0.1) is 0 Å². The third kappa shape index (κ3) is 5.58. The maximum Gasteiger partial charge on any atom is 0.317 e. The molecule has 0 aliphatic carbocycles. The van der Waals surface area contributed by atoms with Gasteiger partial charge in [0.25, 0.3) is 0 Å². The molecule has 0 radical (unpaired) electrons. The quantitative estimate of drug-likeness (QED) is 0.783. The minimum Gasteiger partial charge on any atom is -0.381 e. The fourth-order valence-electron chi connectivity index (χ4n) is 4.09. The molecule has 7 nitrogen and oxygen atoms in total. The molecule has 1 atom stereocenters. The van der Waals surface area contributed by atoms with E-state index < -0.39 is 0 Å². The van der Waals surface area contributed by atoms with E-state index in [-0.39, 0.29) is 12.1 Å². The number of piperidine rings is 1. The van der Waals surface area contributed by atoms with Crippen LogP contribution < -0.4 is 5.32 Å². The number of carbonyl (C=O) groups is 1. The fraction of sp³-hybridized carbons (Fsp3) is 0.545. The molecule has 1 aromatic heterocycles. The first kappa shape index (κ1) is 19.9. The summed E-state index contributed by atoms with van der Waals surface area (Å²) in [5.41, 5.74) is 3.34. The summed E-state index contributed by atoms with van der Waals surface area (Å²) >= 11 is 0. The number of hydrogen-bond acceptors (Lipinski definition) is 4. The lowest BCUT2D eigenvalue weighted by Crippen LogP contribution is -2.44. The third-order valence-electron chi connectivity index (χ3n) is 5.76. The van der Waals surface area contributed by atoms with E-state index in [4.69, 9.17) is 9.47 Å². The van der Waals surface area contributed by atoms with Crippen LogP contribution in [0.4, 0.5) is 4.79 Å². The summed E-state index contributed by atoms with van der Waals surface area (Å²) in [4.78, 5) is 14.6. The molecular weight excluding hydrogens is 368 g/mol. The Kier molecular flexibility index (Phi) is 6.79. The normalized spacial score (nSPS) is 20.6. The Morgan fingerprint density at radius 3 is 2.93 bits per heavy atom. The molecule has 156 valence electrons. The van der Waals surface area contributed by atoms with E-state index >= 15 is 0 Å². The molecule has 1 unspecified atom stereocenters. The summed E-state index contributed by atoms with van der Waals surface area (Å²) in [5.74, 6) is 0.336. The Morgan fingerprint density at radius 2 is 2.10 bits per heavy atom. The topological polar surface area (TPSA) is 79.5 Å². The summed E-state index contributed by atoms with van der Waals surface area (Å²) in [7, 11) is 0. The third-order valence-corrected chi connectivity index (χ3v) is 5.76. The number of aromatic amines is 1. The minimum absolute atomic E-state index is 0.00178. The van der Waals surface area contributed by atoms with Crippen LogP contribution in [-0.4, -0.2) is 53.5 Å². The first-order chi connectivity index (χ1) is 14.3. The number of H-pyrrole nitrogens is 1. The second-order valence-electron chi connectivity index (χ2n) is 7.90. The standard InChI is InChI=1S/C22H30N4O3/c27-22(26-10-2-5-19(15-26)21-6-9-24-25-21)23-14-17-3-1-4-18(13-17)16-29-20-7-11-28-12-8-20/h1,3-4,6,9,13,19-20H,2,5,7-8,10-12,14-16H2,(H,23,27)(H,24,25). The van der Waals surface area contributed by atoms with Gasteiger partial charge < -0.3 is 19.7 Å². The number of amides is 2. The molecule has 0 bridgehead atoms. The van der Waals surface area contributed by atoms with Gasteiger partial charge in [0.1, 0.15) is 0 Å². The number of benzene rings is 1. The minimum atomic E-state index is -0.00178. The van der Waals surface area contributed by atoms with Crippen LogP contribution in [-0.2, 0) is 22.6 Å². The molecule has 3 heterocycles. The highest BCUT2D eigenvalue weighted by Crippen LogP contribution is 2.25. The van der Waals surface area contributed by atoms with E-state index in [9.17, 15) is 4.79 Å². The zero-order chi connectivity index (χ0) is 19.9. The van der Waals surface area contributed by atoms with Crippen molar-refractivity contribution in [1.82, 2.24) is 20.4 Å². The van der Waals surface area contributed by atoms with Gasteiger partial charge in [-0.3, -0.25) is 5.10 Å². The van der Waals surface area contributed by atoms with Crippen LogP contribution >= 0.6 is 0 Å². The van der Waals surface area contributed by atoms with Gasteiger partial charge in [0.05, 0.1) is 12.7 Å². The molecule has 29 heavy (non-hydrogen) atoms. The van der Waals surface area contributed by atoms with Gasteiger partial charge in [-0.05, 0) is 42.9 Å². The number of hydrogen-bond donors (Lipinski definition) is 2. The maximum atomic E-state index is 12.7. The number of ether oxygens (including phenoxy) is 2. The number of nitrogens with zero attached hydrogens (tertiary/aromatic N) is 2. The van der Waals surface area contributed by atoms with Crippen LogP contribution in [0.2, 0.25) is 0 Å². The van der Waals surface area contributed by atoms with Crippen molar-refractivity contribution in [3.63, 3.8) is 0 Å². The van der Waals surface area contributed by atoms with Crippen molar-refractivity contribution in [2.45, 2.75) is 50.9 Å². The van der Waals surface area contributed by atoms with Crippen LogP contribution in [0.5, 0.6) is 0 Å². The van der Waals surface area contributed by atoms with Gasteiger partial charge in [-0.25, -0.2) is 4.79 Å². The predicted molar refractivity (Wildman–Crippen MR) is 109 cm³/mol. The lowest BCUT2D eigenvalue weighted by atomic mass is 9.95. The zero-order valence-corrected chi connectivity index (χ0v) is 16.8. The van der Waals surface area contributed by atoms with Gasteiger partial charge in [0.15, 0.2) is 0 Å². The number of likely N-dealkylation sites (tertiary alicyclic amines) is 1. The highest BCUT2D eigenvalue weighted by atomic mass is 16.5. The van der Waals surface area contributed by atoms with Crippen molar-refractivity contribution < 1.29 is 14.3 Å². The van der Waals surface area contributed by atoms with Gasteiger partial charge in [0, 0.05) is 50.7 Å². The monoisotopic (exact) mass is 398 g/mol. The second kappa shape index (κ2) is 9.89. The Balaban J connectivity index is 1.25. The van der Waals surface area contributed by atoms with E-state index in [1.54, 1.807) is 6.20 Å². The molecule has 0 spiro atoms. The van der Waals surface area contributed by atoms with Gasteiger partial charge in [-0.1, -0.05) is 24.3 Å². The van der Waals surface area contributed by atoms with Crippen molar-refractivity contribution in [3.05, 3.63) is 53.3 Å². The van der Waals surface area contributed by atoms with Crippen LogP contribution in [0.15, 0.2) is 36.5 Å². The molecule has 2 fully saturated rings. The Bertz CT molecular complexity index is 774. The number of rotatable bonds is 6. The van der Waals surface area contributed by atoms with Crippen molar-refractivity contribution in [2.24, 2.45) is 0 Å². The summed E-state index contributed by atoms with van der Waals surface area (Å²) in [5, 5.41) is 10.1. The molecule has 2 N–H and O–H groups in total. The predicted octanol–water partition coefficient (Wildman–Crippen LogP) is 3.19. The second-order valence-corrected chi connectivity index (χ2v) is 7.90. The molecule has 0 saturated carbocycles. The molecule has 2 aromatic rings. The van der Waals surface area contributed by atoms with Crippen LogP contribution in [0.1, 0.15) is 48.4 Å². The molecule has 2 aliphatic rings. The number of carbonyl (C=O) groups excluding carboxylic acids is 1. The number of urea groups is 1. The number of nitrogens with one attached hydrogen (secondary N) is 2. The first-order valence-corrected chi connectivity index (χ1v) is 10.6. The van der Waals surface area contributed by atoms with E-state index in [0.29, 0.717) is 19.1 Å². The maximum absolute atomic E-state index is 12.7. The summed E-state index contributed by atoms with van der Waals surface area (Å²) < 4.78 is 11.4. The van der Waals surface area contributed by atoms with E-state index in [2.05, 4.69) is 27.6 Å². The lowest BCUT2D eigenvalue weighted by Gasteiger charge is -2.32. The van der Waals surface area contributed by atoms with Crippen LogP contribution in [0.25, 0.3) is 0 Å². The summed E-state index contributed by atoms with van der Waals surface area (Å²) in [6.07, 6.45) is 6.08. The van der Waals surface area contributed by atoms with Crippen molar-refractivity contribution in [1.29, 1.82) is 0 Å². The molecule has 2 aliphatic heterocycles. The highest BCUT2D eigenvalue weighted by molar-refractivity contribution is 5.74. The molecule has 1 aromatic carbocycles.